The van der Waals surface area contributed by atoms with Gasteiger partial charge < -0.3 is 25.6 Å². The summed E-state index contributed by atoms with van der Waals surface area (Å²) in [7, 11) is 1.77. The van der Waals surface area contributed by atoms with Crippen molar-refractivity contribution in [3.05, 3.63) is 47.3 Å². The van der Waals surface area contributed by atoms with Gasteiger partial charge in [0.2, 0.25) is 0 Å². The maximum atomic E-state index is 12.5. The van der Waals surface area contributed by atoms with Gasteiger partial charge in [-0.25, -0.2) is 4.79 Å². The van der Waals surface area contributed by atoms with Gasteiger partial charge in [-0.05, 0) is 30.2 Å². The van der Waals surface area contributed by atoms with Crippen LogP contribution in [0.25, 0.3) is 0 Å². The van der Waals surface area contributed by atoms with Crippen molar-refractivity contribution in [1.82, 2.24) is 9.47 Å². The maximum absolute atomic E-state index is 12.5. The molecular weight excluding hydrogens is 296 g/mol. The minimum Gasteiger partial charge on any atom is -0.465 e. The molecule has 23 heavy (non-hydrogen) atoms. The normalized spacial score (nSPS) is 13.5. The summed E-state index contributed by atoms with van der Waals surface area (Å²) in [5.74, 6) is -0.262. The van der Waals surface area contributed by atoms with E-state index in [0.29, 0.717) is 36.6 Å². The number of benzene rings is 1. The molecule has 0 fully saturated rings. The van der Waals surface area contributed by atoms with E-state index in [4.69, 9.17) is 10.8 Å². The van der Waals surface area contributed by atoms with Crippen LogP contribution in [0.1, 0.15) is 21.7 Å². The molecule has 1 aromatic heterocycles. The maximum Gasteiger partial charge on any atom is 0.407 e. The van der Waals surface area contributed by atoms with Crippen LogP contribution in [-0.4, -0.2) is 33.1 Å². The number of carbonyl (C=O) groups excluding carboxylic acids is 1. The van der Waals surface area contributed by atoms with Crippen molar-refractivity contribution in [2.45, 2.75) is 13.0 Å². The predicted octanol–water partition coefficient (Wildman–Crippen LogP) is 1.90. The van der Waals surface area contributed by atoms with E-state index in [1.165, 1.54) is 4.90 Å². The molecule has 1 aromatic carbocycles. The molecule has 0 atom stereocenters. The second kappa shape index (κ2) is 5.68. The third kappa shape index (κ3) is 2.73. The fourth-order valence-electron chi connectivity index (χ4n) is 2.82. The van der Waals surface area contributed by atoms with E-state index in [1.54, 1.807) is 35.9 Å². The number of hydrogen-bond acceptors (Lipinski definition) is 3. The molecule has 0 saturated heterocycles. The number of nitrogens with two attached hydrogens (primary N) is 1. The van der Waals surface area contributed by atoms with Gasteiger partial charge in [0.1, 0.15) is 5.69 Å². The van der Waals surface area contributed by atoms with Crippen molar-refractivity contribution < 1.29 is 14.7 Å². The van der Waals surface area contributed by atoms with E-state index < -0.39 is 6.09 Å². The Morgan fingerprint density at radius 2 is 2.04 bits per heavy atom. The highest BCUT2D eigenvalue weighted by molar-refractivity contribution is 6.05. The van der Waals surface area contributed by atoms with E-state index >= 15 is 0 Å². The monoisotopic (exact) mass is 314 g/mol. The first kappa shape index (κ1) is 15.0. The molecule has 0 bridgehead atoms. The number of para-hydroxylation sites is 2. The number of hydrogen-bond donors (Lipinski definition) is 3. The molecule has 7 nitrogen and oxygen atoms in total. The lowest BCUT2D eigenvalue weighted by molar-refractivity contribution is 0.101. The Morgan fingerprint density at radius 3 is 2.74 bits per heavy atom. The molecule has 4 N–H and O–H groups in total. The van der Waals surface area contributed by atoms with Crippen molar-refractivity contribution in [1.29, 1.82) is 0 Å². The number of rotatable bonds is 2. The lowest BCUT2D eigenvalue weighted by Gasteiger charge is -2.25. The van der Waals surface area contributed by atoms with Gasteiger partial charge in [0.05, 0.1) is 17.9 Å². The van der Waals surface area contributed by atoms with Crippen molar-refractivity contribution in [3.63, 3.8) is 0 Å². The fraction of sp³-hybridized carbons (Fsp3) is 0.250. The smallest absolute Gasteiger partial charge is 0.407 e. The van der Waals surface area contributed by atoms with E-state index in [1.807, 2.05) is 6.07 Å². The summed E-state index contributed by atoms with van der Waals surface area (Å²) >= 11 is 0. The molecule has 3 rings (SSSR count). The van der Waals surface area contributed by atoms with Gasteiger partial charge >= 0.3 is 6.09 Å². The molecule has 0 radical (unpaired) electrons. The minimum absolute atomic E-state index is 0.262. The number of carbonyl (C=O) groups is 2. The number of carboxylic acid groups (broad SMARTS) is 1. The van der Waals surface area contributed by atoms with Crippen LogP contribution < -0.4 is 11.1 Å². The van der Waals surface area contributed by atoms with Gasteiger partial charge in [-0.15, -0.1) is 0 Å². The van der Waals surface area contributed by atoms with Gasteiger partial charge in [-0.2, -0.15) is 0 Å². The lowest BCUT2D eigenvalue weighted by atomic mass is 10.1. The average Bonchev–Trinajstić information content (AvgIpc) is 2.86. The Bertz CT molecular complexity index is 782. The van der Waals surface area contributed by atoms with Crippen LogP contribution in [0, 0.1) is 0 Å². The Morgan fingerprint density at radius 1 is 1.30 bits per heavy atom. The molecule has 2 heterocycles. The summed E-state index contributed by atoms with van der Waals surface area (Å²) in [5, 5.41) is 11.9. The fourth-order valence-corrected chi connectivity index (χ4v) is 2.82. The number of anilines is 2. The first-order valence-electron chi connectivity index (χ1n) is 7.28. The highest BCUT2D eigenvalue weighted by Gasteiger charge is 2.26. The zero-order valence-electron chi connectivity index (χ0n) is 12.7. The largest absolute Gasteiger partial charge is 0.465 e. The molecule has 7 heteroatoms. The van der Waals surface area contributed by atoms with Crippen LogP contribution in [0.4, 0.5) is 16.2 Å². The Balaban J connectivity index is 1.86. The number of aromatic nitrogens is 1. The van der Waals surface area contributed by atoms with Crippen molar-refractivity contribution in [2.75, 3.05) is 17.6 Å². The topological polar surface area (TPSA) is 101 Å². The highest BCUT2D eigenvalue weighted by Crippen LogP contribution is 2.24. The number of nitrogens with zero attached hydrogens (tertiary/aromatic N) is 2. The molecule has 0 saturated carbocycles. The van der Waals surface area contributed by atoms with Gasteiger partial charge in [0.25, 0.3) is 5.91 Å². The third-order valence-corrected chi connectivity index (χ3v) is 4.15. The third-order valence-electron chi connectivity index (χ3n) is 4.15. The molecule has 2 amide bonds. The number of nitrogens with one attached hydrogen (secondary N) is 1. The minimum atomic E-state index is -0.945. The summed E-state index contributed by atoms with van der Waals surface area (Å²) in [5.41, 5.74) is 9.25. The number of amides is 2. The zero-order valence-corrected chi connectivity index (χ0v) is 12.7. The number of fused-ring (bicyclic) bond motifs is 1. The molecular formula is C16H18N4O3. The van der Waals surface area contributed by atoms with E-state index in [2.05, 4.69) is 5.32 Å². The molecule has 0 aliphatic carbocycles. The van der Waals surface area contributed by atoms with E-state index in [9.17, 15) is 9.59 Å². The van der Waals surface area contributed by atoms with Gasteiger partial charge in [0.15, 0.2) is 0 Å². The summed E-state index contributed by atoms with van der Waals surface area (Å²) in [6.45, 7) is 0.737. The van der Waals surface area contributed by atoms with Gasteiger partial charge in [-0.1, -0.05) is 12.1 Å². The van der Waals surface area contributed by atoms with Crippen LogP contribution >= 0.6 is 0 Å². The summed E-state index contributed by atoms with van der Waals surface area (Å²) in [6, 6.07) is 8.88. The molecule has 1 aliphatic rings. The van der Waals surface area contributed by atoms with Crippen LogP contribution in [0.3, 0.4) is 0 Å². The average molecular weight is 314 g/mol. The van der Waals surface area contributed by atoms with Crippen molar-refractivity contribution in [3.8, 4) is 0 Å². The Hall–Kier alpha value is -2.96. The molecule has 1 aliphatic heterocycles. The van der Waals surface area contributed by atoms with Crippen LogP contribution in [-0.2, 0) is 20.0 Å². The standard InChI is InChI=1S/C16H18N4O3/c1-19-13(15(21)18-12-5-3-2-4-11(12)17)8-10-6-7-20(16(22)23)9-14(10)19/h2-5,8H,6-7,9,17H2,1H3,(H,18,21)(H,22,23). The van der Waals surface area contributed by atoms with Crippen LogP contribution in [0.5, 0.6) is 0 Å². The predicted molar refractivity (Wildman–Crippen MR) is 86.4 cm³/mol. The summed E-state index contributed by atoms with van der Waals surface area (Å²) < 4.78 is 1.75. The summed E-state index contributed by atoms with van der Waals surface area (Å²) in [6.07, 6.45) is -0.337. The lowest BCUT2D eigenvalue weighted by Crippen LogP contribution is -2.35. The second-order valence-electron chi connectivity index (χ2n) is 5.56. The van der Waals surface area contributed by atoms with E-state index in [-0.39, 0.29) is 5.91 Å². The number of nitrogen functional groups attached to an aromatic ring is 1. The molecule has 120 valence electrons. The first-order valence-corrected chi connectivity index (χ1v) is 7.28. The van der Waals surface area contributed by atoms with Gasteiger partial charge in [0, 0.05) is 19.3 Å². The van der Waals surface area contributed by atoms with Crippen molar-refractivity contribution in [2.24, 2.45) is 7.05 Å². The van der Waals surface area contributed by atoms with Crippen LogP contribution in [0.2, 0.25) is 0 Å². The van der Waals surface area contributed by atoms with Crippen molar-refractivity contribution >= 4 is 23.4 Å². The first-order chi connectivity index (χ1) is 11.0. The molecule has 0 spiro atoms. The Kier molecular flexibility index (Phi) is 3.69. The molecule has 2 aromatic rings. The highest BCUT2D eigenvalue weighted by atomic mass is 16.4. The molecule has 0 unspecified atom stereocenters. The summed E-state index contributed by atoms with van der Waals surface area (Å²) in [4.78, 5) is 25.0. The zero-order chi connectivity index (χ0) is 16.6. The van der Waals surface area contributed by atoms with E-state index in [0.717, 1.165) is 11.3 Å². The second-order valence-corrected chi connectivity index (χ2v) is 5.56. The Labute approximate surface area is 133 Å². The van der Waals surface area contributed by atoms with Gasteiger partial charge in [-0.3, -0.25) is 4.79 Å². The SMILES string of the molecule is Cn1c(C(=O)Nc2ccccc2N)cc2c1CN(C(=O)O)CC2. The van der Waals surface area contributed by atoms with Crippen LogP contribution in [0.15, 0.2) is 30.3 Å². The quantitative estimate of drug-likeness (QED) is 0.737.